The van der Waals surface area contributed by atoms with Crippen LogP contribution in [0.15, 0.2) is 90.0 Å². The Kier molecular flexibility index (Phi) is 5.61. The van der Waals surface area contributed by atoms with Crippen molar-refractivity contribution in [3.05, 3.63) is 96.1 Å². The van der Waals surface area contributed by atoms with Gasteiger partial charge in [-0.1, -0.05) is 84.9 Å². The lowest BCUT2D eigenvalue weighted by molar-refractivity contribution is -0.918. The lowest BCUT2D eigenvalue weighted by Gasteiger charge is -2.30. The van der Waals surface area contributed by atoms with Crippen molar-refractivity contribution in [1.82, 2.24) is 5.01 Å². The van der Waals surface area contributed by atoms with Crippen LogP contribution in [0.3, 0.4) is 0 Å². The molecule has 0 atom stereocenters. The van der Waals surface area contributed by atoms with E-state index in [-0.39, 0.29) is 0 Å². The molecule has 4 rings (SSSR count). The van der Waals surface area contributed by atoms with Crippen LogP contribution in [0, 0.1) is 0 Å². The Morgan fingerprint density at radius 3 is 2.00 bits per heavy atom. The summed E-state index contributed by atoms with van der Waals surface area (Å²) >= 11 is 0. The fraction of sp³-hybridized carbons (Fsp3) is 0.208. The van der Waals surface area contributed by atoms with E-state index in [9.17, 15) is 0 Å². The first-order valence-electron chi connectivity index (χ1n) is 9.69. The Bertz CT molecular complexity index is 849. The van der Waals surface area contributed by atoms with E-state index in [1.165, 1.54) is 16.7 Å². The number of piperazine rings is 1. The molecule has 0 radical (unpaired) electrons. The summed E-state index contributed by atoms with van der Waals surface area (Å²) in [6.45, 7) is 5.42. The molecule has 0 spiro atoms. The van der Waals surface area contributed by atoms with Crippen molar-refractivity contribution in [1.29, 1.82) is 0 Å². The van der Waals surface area contributed by atoms with Crippen LogP contribution >= 0.6 is 0 Å². The molecule has 1 N–H and O–H groups in total. The van der Waals surface area contributed by atoms with E-state index in [0.717, 1.165) is 38.3 Å². The van der Waals surface area contributed by atoms with Crippen LogP contribution in [0.2, 0.25) is 0 Å². The first-order chi connectivity index (χ1) is 13.4. The molecule has 136 valence electrons. The summed E-state index contributed by atoms with van der Waals surface area (Å²) in [4.78, 5) is 1.64. The fourth-order valence-electron chi connectivity index (χ4n) is 3.53. The third-order valence-corrected chi connectivity index (χ3v) is 5.13. The molecule has 1 heterocycles. The number of nitrogens with zero attached hydrogens (tertiary/aromatic N) is 2. The molecular formula is C24H26N3+. The number of nitrogens with one attached hydrogen (secondary N) is 1. The van der Waals surface area contributed by atoms with Crippen LogP contribution in [0.25, 0.3) is 11.1 Å². The summed E-state index contributed by atoms with van der Waals surface area (Å²) in [6.07, 6.45) is 1.98. The van der Waals surface area contributed by atoms with Crippen LogP contribution < -0.4 is 4.90 Å². The highest BCUT2D eigenvalue weighted by molar-refractivity contribution is 5.80. The standard InChI is InChI=1S/C24H25N3/c1-3-7-22(8-4-1)20-26-15-17-27(18-16-26)25-19-21-11-13-24(14-12-21)23-9-5-2-6-10-23/h1-14,19H,15-18,20H2/p+1/b25-19-. The molecule has 3 nitrogen and oxygen atoms in total. The second-order valence-corrected chi connectivity index (χ2v) is 7.10. The molecule has 3 heteroatoms. The molecule has 0 unspecified atom stereocenters. The van der Waals surface area contributed by atoms with Crippen molar-refractivity contribution in [3.8, 4) is 11.1 Å². The molecule has 0 amide bonds. The second kappa shape index (κ2) is 8.65. The molecule has 0 saturated carbocycles. The van der Waals surface area contributed by atoms with Crippen LogP contribution in [0.1, 0.15) is 11.1 Å². The number of hydrogen-bond acceptors (Lipinski definition) is 2. The van der Waals surface area contributed by atoms with Gasteiger partial charge in [0, 0.05) is 5.56 Å². The maximum absolute atomic E-state index is 4.69. The first-order valence-corrected chi connectivity index (χ1v) is 9.69. The average molecular weight is 356 g/mol. The highest BCUT2D eigenvalue weighted by Crippen LogP contribution is 2.18. The van der Waals surface area contributed by atoms with E-state index in [0.29, 0.717) is 0 Å². The van der Waals surface area contributed by atoms with Crippen LogP contribution in [-0.4, -0.2) is 37.4 Å². The third kappa shape index (κ3) is 4.83. The first kappa shape index (κ1) is 17.5. The maximum atomic E-state index is 4.69. The number of hydrogen-bond donors (Lipinski definition) is 1. The Balaban J connectivity index is 1.29. The predicted octanol–water partition coefficient (Wildman–Crippen LogP) is 3.09. The van der Waals surface area contributed by atoms with Crippen LogP contribution in [0.5, 0.6) is 0 Å². The molecule has 3 aromatic carbocycles. The highest BCUT2D eigenvalue weighted by Gasteiger charge is 2.18. The van der Waals surface area contributed by atoms with E-state index in [2.05, 4.69) is 83.9 Å². The average Bonchev–Trinajstić information content (AvgIpc) is 2.75. The zero-order valence-corrected chi connectivity index (χ0v) is 15.6. The molecule has 0 aliphatic carbocycles. The van der Waals surface area contributed by atoms with E-state index in [1.807, 2.05) is 12.3 Å². The number of quaternary nitrogens is 1. The van der Waals surface area contributed by atoms with Gasteiger partial charge >= 0.3 is 0 Å². The summed E-state index contributed by atoms with van der Waals surface area (Å²) in [7, 11) is 0. The molecule has 0 bridgehead atoms. The topological polar surface area (TPSA) is 20.0 Å². The monoisotopic (exact) mass is 356 g/mol. The van der Waals surface area contributed by atoms with Gasteiger partial charge in [-0.25, -0.2) is 0 Å². The van der Waals surface area contributed by atoms with E-state index < -0.39 is 0 Å². The summed E-state index contributed by atoms with van der Waals surface area (Å²) in [5.41, 5.74) is 5.06. The summed E-state index contributed by atoms with van der Waals surface area (Å²) < 4.78 is 0. The molecule has 27 heavy (non-hydrogen) atoms. The van der Waals surface area contributed by atoms with E-state index >= 15 is 0 Å². The molecule has 1 aliphatic heterocycles. The minimum Gasteiger partial charge on any atom is -0.328 e. The fourth-order valence-corrected chi connectivity index (χ4v) is 3.53. The normalized spacial score (nSPS) is 15.3. The molecule has 3 aromatic rings. The summed E-state index contributed by atoms with van der Waals surface area (Å²) in [6, 6.07) is 29.9. The highest BCUT2D eigenvalue weighted by atomic mass is 15.5. The van der Waals surface area contributed by atoms with Gasteiger partial charge in [0.1, 0.15) is 6.54 Å². The largest absolute Gasteiger partial charge is 0.328 e. The zero-order chi connectivity index (χ0) is 18.3. The number of benzene rings is 3. The molecule has 1 aliphatic rings. The minimum atomic E-state index is 1.01. The predicted molar refractivity (Wildman–Crippen MR) is 112 cm³/mol. The second-order valence-electron chi connectivity index (χ2n) is 7.10. The van der Waals surface area contributed by atoms with Gasteiger partial charge in [0.05, 0.1) is 32.4 Å². The van der Waals surface area contributed by atoms with Gasteiger partial charge in [0.15, 0.2) is 0 Å². The van der Waals surface area contributed by atoms with Gasteiger partial charge in [0.2, 0.25) is 0 Å². The van der Waals surface area contributed by atoms with Gasteiger partial charge in [0.25, 0.3) is 0 Å². The van der Waals surface area contributed by atoms with Crippen molar-refractivity contribution in [2.24, 2.45) is 5.10 Å². The van der Waals surface area contributed by atoms with Crippen molar-refractivity contribution in [2.75, 3.05) is 26.2 Å². The molecule has 0 aromatic heterocycles. The Hall–Kier alpha value is -2.91. The van der Waals surface area contributed by atoms with E-state index in [4.69, 9.17) is 5.10 Å². The molecule has 1 fully saturated rings. The van der Waals surface area contributed by atoms with Crippen LogP contribution in [-0.2, 0) is 6.54 Å². The van der Waals surface area contributed by atoms with Gasteiger partial charge in [-0.05, 0) is 16.7 Å². The lowest BCUT2D eigenvalue weighted by atomic mass is 10.0. The number of hydrazone groups is 1. The lowest BCUT2D eigenvalue weighted by Crippen LogP contribution is -3.13. The van der Waals surface area contributed by atoms with Gasteiger partial charge in [-0.15, -0.1) is 0 Å². The van der Waals surface area contributed by atoms with Crippen molar-refractivity contribution in [2.45, 2.75) is 6.54 Å². The zero-order valence-electron chi connectivity index (χ0n) is 15.6. The smallest absolute Gasteiger partial charge is 0.103 e. The number of rotatable bonds is 5. The third-order valence-electron chi connectivity index (χ3n) is 5.13. The van der Waals surface area contributed by atoms with Gasteiger partial charge in [-0.3, -0.25) is 5.01 Å². The van der Waals surface area contributed by atoms with Gasteiger partial charge < -0.3 is 4.90 Å². The van der Waals surface area contributed by atoms with Crippen molar-refractivity contribution >= 4 is 6.21 Å². The molecule has 1 saturated heterocycles. The summed E-state index contributed by atoms with van der Waals surface area (Å²) in [5.74, 6) is 0. The van der Waals surface area contributed by atoms with Crippen LogP contribution in [0.4, 0.5) is 0 Å². The van der Waals surface area contributed by atoms with Gasteiger partial charge in [-0.2, -0.15) is 5.10 Å². The Morgan fingerprint density at radius 1 is 0.741 bits per heavy atom. The molecular weight excluding hydrogens is 330 g/mol. The quantitative estimate of drug-likeness (QED) is 0.697. The van der Waals surface area contributed by atoms with Crippen molar-refractivity contribution < 1.29 is 4.90 Å². The van der Waals surface area contributed by atoms with Crippen molar-refractivity contribution in [3.63, 3.8) is 0 Å². The minimum absolute atomic E-state index is 1.01. The van der Waals surface area contributed by atoms with E-state index in [1.54, 1.807) is 4.90 Å². The Morgan fingerprint density at radius 2 is 1.33 bits per heavy atom. The maximum Gasteiger partial charge on any atom is 0.103 e. The Labute approximate surface area is 161 Å². The SMILES string of the molecule is C(=N/N1CC[NH+](Cc2ccccc2)CC1)/c1ccc(-c2ccccc2)cc1. The summed E-state index contributed by atoms with van der Waals surface area (Å²) in [5, 5.41) is 6.89.